The highest BCUT2D eigenvalue weighted by molar-refractivity contribution is 5.91. The first kappa shape index (κ1) is 7.49. The van der Waals surface area contributed by atoms with Gasteiger partial charge in [0.25, 0.3) is 5.91 Å². The van der Waals surface area contributed by atoms with E-state index in [0.717, 1.165) is 0 Å². The summed E-state index contributed by atoms with van der Waals surface area (Å²) < 4.78 is 0. The van der Waals surface area contributed by atoms with Gasteiger partial charge in [0, 0.05) is 6.20 Å². The standard InChI is InChI=1S/C6H8N4O/c7-6(11)5-3-4(10-8)1-2-9-5/h1-3H,8H2,(H2,7,11)(H,9,10). The number of anilines is 1. The summed E-state index contributed by atoms with van der Waals surface area (Å²) in [5.74, 6) is 4.52. The summed E-state index contributed by atoms with van der Waals surface area (Å²) in [6.07, 6.45) is 1.45. The number of carbonyl (C=O) groups is 1. The Hall–Kier alpha value is -1.62. The molecule has 0 saturated heterocycles. The molecule has 0 fully saturated rings. The molecule has 1 heterocycles. The fourth-order valence-corrected chi connectivity index (χ4v) is 0.655. The van der Waals surface area contributed by atoms with Gasteiger partial charge < -0.3 is 11.2 Å². The van der Waals surface area contributed by atoms with Gasteiger partial charge >= 0.3 is 0 Å². The molecule has 58 valence electrons. The fraction of sp³-hybridized carbons (Fsp3) is 0. The molecule has 0 aromatic carbocycles. The number of primary amides is 1. The molecule has 5 heteroatoms. The zero-order valence-electron chi connectivity index (χ0n) is 5.74. The van der Waals surface area contributed by atoms with Crippen molar-refractivity contribution in [1.82, 2.24) is 4.98 Å². The third-order valence-electron chi connectivity index (χ3n) is 1.18. The highest BCUT2D eigenvalue weighted by atomic mass is 16.1. The van der Waals surface area contributed by atoms with E-state index in [1.54, 1.807) is 6.07 Å². The largest absolute Gasteiger partial charge is 0.364 e. The summed E-state index contributed by atoms with van der Waals surface area (Å²) in [5, 5.41) is 0. The summed E-state index contributed by atoms with van der Waals surface area (Å²) >= 11 is 0. The van der Waals surface area contributed by atoms with Crippen molar-refractivity contribution in [1.29, 1.82) is 0 Å². The van der Waals surface area contributed by atoms with Crippen LogP contribution in [-0.2, 0) is 0 Å². The summed E-state index contributed by atoms with van der Waals surface area (Å²) in [4.78, 5) is 14.3. The van der Waals surface area contributed by atoms with Crippen molar-refractivity contribution in [2.75, 3.05) is 5.43 Å². The summed E-state index contributed by atoms with van der Waals surface area (Å²) in [6, 6.07) is 3.11. The number of rotatable bonds is 2. The number of pyridine rings is 1. The Balaban J connectivity index is 3.01. The Morgan fingerprint density at radius 2 is 2.36 bits per heavy atom. The number of nitrogens with zero attached hydrogens (tertiary/aromatic N) is 1. The van der Waals surface area contributed by atoms with Crippen LogP contribution in [0.2, 0.25) is 0 Å². The molecular weight excluding hydrogens is 144 g/mol. The third-order valence-corrected chi connectivity index (χ3v) is 1.18. The van der Waals surface area contributed by atoms with Crippen molar-refractivity contribution in [2.24, 2.45) is 11.6 Å². The quantitative estimate of drug-likeness (QED) is 0.392. The average molecular weight is 152 g/mol. The van der Waals surface area contributed by atoms with Crippen LogP contribution in [0, 0.1) is 0 Å². The van der Waals surface area contributed by atoms with Gasteiger partial charge in [-0.05, 0) is 12.1 Å². The highest BCUT2D eigenvalue weighted by Gasteiger charge is 2.00. The number of nitrogens with two attached hydrogens (primary N) is 2. The maximum Gasteiger partial charge on any atom is 0.267 e. The molecule has 0 bridgehead atoms. The van der Waals surface area contributed by atoms with E-state index in [4.69, 9.17) is 11.6 Å². The van der Waals surface area contributed by atoms with Gasteiger partial charge in [-0.3, -0.25) is 15.6 Å². The van der Waals surface area contributed by atoms with E-state index in [1.807, 2.05) is 0 Å². The molecule has 5 N–H and O–H groups in total. The molecule has 1 aromatic rings. The molecule has 0 aliphatic heterocycles. The second kappa shape index (κ2) is 2.98. The first-order chi connectivity index (χ1) is 5.24. The summed E-state index contributed by atoms with van der Waals surface area (Å²) in [7, 11) is 0. The maximum absolute atomic E-state index is 10.6. The van der Waals surface area contributed by atoms with Crippen LogP contribution in [-0.4, -0.2) is 10.9 Å². The Bertz CT molecular complexity index is 273. The van der Waals surface area contributed by atoms with Crippen LogP contribution in [0.3, 0.4) is 0 Å². The van der Waals surface area contributed by atoms with Gasteiger partial charge in [0.05, 0.1) is 5.69 Å². The molecule has 5 nitrogen and oxygen atoms in total. The molecule has 0 radical (unpaired) electrons. The number of hydrazine groups is 1. The third kappa shape index (κ3) is 1.65. The van der Waals surface area contributed by atoms with E-state index in [9.17, 15) is 4.79 Å². The lowest BCUT2D eigenvalue weighted by molar-refractivity contribution is 0.0995. The van der Waals surface area contributed by atoms with Crippen LogP contribution < -0.4 is 17.0 Å². The summed E-state index contributed by atoms with van der Waals surface area (Å²) in [5.41, 5.74) is 8.14. The van der Waals surface area contributed by atoms with Crippen molar-refractivity contribution in [2.45, 2.75) is 0 Å². The van der Waals surface area contributed by atoms with Gasteiger partial charge in [-0.1, -0.05) is 0 Å². The van der Waals surface area contributed by atoms with Crippen LogP contribution in [0.25, 0.3) is 0 Å². The minimum absolute atomic E-state index is 0.195. The van der Waals surface area contributed by atoms with Gasteiger partial charge in [-0.25, -0.2) is 0 Å². The number of aromatic nitrogens is 1. The smallest absolute Gasteiger partial charge is 0.267 e. The lowest BCUT2D eigenvalue weighted by Crippen LogP contribution is -2.14. The molecule has 1 amide bonds. The zero-order chi connectivity index (χ0) is 8.27. The topological polar surface area (TPSA) is 94.0 Å². The molecule has 1 rings (SSSR count). The SMILES string of the molecule is NNc1ccnc(C(N)=O)c1. The van der Waals surface area contributed by atoms with Gasteiger partial charge in [-0.15, -0.1) is 0 Å². The van der Waals surface area contributed by atoms with Crippen molar-refractivity contribution in [3.8, 4) is 0 Å². The van der Waals surface area contributed by atoms with Crippen LogP contribution in [0.4, 0.5) is 5.69 Å². The van der Waals surface area contributed by atoms with Gasteiger partial charge in [0.2, 0.25) is 0 Å². The number of carbonyl (C=O) groups excluding carboxylic acids is 1. The van der Waals surface area contributed by atoms with Crippen molar-refractivity contribution >= 4 is 11.6 Å². The van der Waals surface area contributed by atoms with Crippen molar-refractivity contribution in [3.05, 3.63) is 24.0 Å². The minimum atomic E-state index is -0.568. The predicted molar refractivity (Wildman–Crippen MR) is 40.6 cm³/mol. The van der Waals surface area contributed by atoms with Crippen LogP contribution >= 0.6 is 0 Å². The predicted octanol–water partition coefficient (Wildman–Crippen LogP) is -0.534. The molecule has 0 spiro atoms. The number of hydrogen-bond acceptors (Lipinski definition) is 4. The molecule has 0 aliphatic carbocycles. The number of nitrogens with one attached hydrogen (secondary N) is 1. The highest BCUT2D eigenvalue weighted by Crippen LogP contribution is 2.04. The number of amides is 1. The number of hydrogen-bond donors (Lipinski definition) is 3. The van der Waals surface area contributed by atoms with Crippen molar-refractivity contribution in [3.63, 3.8) is 0 Å². The molecule has 0 unspecified atom stereocenters. The van der Waals surface area contributed by atoms with Crippen LogP contribution in [0.1, 0.15) is 10.5 Å². The molecule has 0 aliphatic rings. The van der Waals surface area contributed by atoms with Crippen LogP contribution in [0.5, 0.6) is 0 Å². The normalized spacial score (nSPS) is 9.18. The van der Waals surface area contributed by atoms with Gasteiger partial charge in [0.15, 0.2) is 0 Å². The lowest BCUT2D eigenvalue weighted by atomic mass is 10.3. The molecular formula is C6H8N4O. The van der Waals surface area contributed by atoms with Gasteiger partial charge in [-0.2, -0.15) is 0 Å². The Morgan fingerprint density at radius 3 is 2.91 bits per heavy atom. The van der Waals surface area contributed by atoms with E-state index < -0.39 is 5.91 Å². The molecule has 11 heavy (non-hydrogen) atoms. The summed E-state index contributed by atoms with van der Waals surface area (Å²) in [6.45, 7) is 0. The lowest BCUT2D eigenvalue weighted by Gasteiger charge is -1.99. The van der Waals surface area contributed by atoms with E-state index in [-0.39, 0.29) is 5.69 Å². The van der Waals surface area contributed by atoms with E-state index in [1.165, 1.54) is 12.3 Å². The van der Waals surface area contributed by atoms with Crippen molar-refractivity contribution < 1.29 is 4.79 Å². The molecule has 1 aromatic heterocycles. The van der Waals surface area contributed by atoms with E-state index >= 15 is 0 Å². The van der Waals surface area contributed by atoms with E-state index in [0.29, 0.717) is 5.69 Å². The maximum atomic E-state index is 10.6. The Kier molecular flexibility index (Phi) is 2.03. The minimum Gasteiger partial charge on any atom is -0.364 e. The fourth-order valence-electron chi connectivity index (χ4n) is 0.655. The first-order valence-electron chi connectivity index (χ1n) is 2.96. The van der Waals surface area contributed by atoms with E-state index in [2.05, 4.69) is 10.4 Å². The molecule has 0 atom stereocenters. The number of nitrogen functional groups attached to an aromatic ring is 1. The van der Waals surface area contributed by atoms with Gasteiger partial charge in [0.1, 0.15) is 5.69 Å². The monoisotopic (exact) mass is 152 g/mol. The Morgan fingerprint density at radius 1 is 1.64 bits per heavy atom. The molecule has 0 saturated carbocycles. The van der Waals surface area contributed by atoms with Crippen LogP contribution in [0.15, 0.2) is 18.3 Å². The Labute approximate surface area is 63.4 Å². The second-order valence-corrected chi connectivity index (χ2v) is 1.94. The second-order valence-electron chi connectivity index (χ2n) is 1.94. The average Bonchev–Trinajstić information content (AvgIpc) is 2.05. The first-order valence-corrected chi connectivity index (χ1v) is 2.96. The zero-order valence-corrected chi connectivity index (χ0v) is 5.74.